The van der Waals surface area contributed by atoms with Crippen molar-refractivity contribution in [3.05, 3.63) is 59.9 Å². The molecule has 0 spiro atoms. The van der Waals surface area contributed by atoms with E-state index in [1.54, 1.807) is 42.6 Å². The minimum absolute atomic E-state index is 0. The summed E-state index contributed by atoms with van der Waals surface area (Å²) in [6.45, 7) is 0. The van der Waals surface area contributed by atoms with Crippen LogP contribution >= 0.6 is 12.4 Å². The fourth-order valence-corrected chi connectivity index (χ4v) is 1.33. The minimum Gasteiger partial charge on any atom is -0.322 e. The van der Waals surface area contributed by atoms with Crippen LogP contribution in [0.2, 0.25) is 0 Å². The molecule has 1 N–H and O–H groups in total. The van der Waals surface area contributed by atoms with Crippen LogP contribution in [0.15, 0.2) is 48.8 Å². The van der Waals surface area contributed by atoms with Gasteiger partial charge in [0, 0.05) is 18.1 Å². The van der Waals surface area contributed by atoms with Crippen molar-refractivity contribution in [1.82, 2.24) is 4.98 Å². The molecule has 0 aliphatic rings. The molecule has 18 heavy (non-hydrogen) atoms. The van der Waals surface area contributed by atoms with Crippen molar-refractivity contribution < 1.29 is 4.79 Å². The highest BCUT2D eigenvalue weighted by atomic mass is 35.5. The van der Waals surface area contributed by atoms with Crippen LogP contribution in [0, 0.1) is 11.3 Å². The predicted octanol–water partition coefficient (Wildman–Crippen LogP) is 2.63. The van der Waals surface area contributed by atoms with Gasteiger partial charge in [-0.25, -0.2) is 0 Å². The first-order chi connectivity index (χ1) is 8.29. The van der Waals surface area contributed by atoms with Crippen LogP contribution in [0.5, 0.6) is 0 Å². The van der Waals surface area contributed by atoms with E-state index in [2.05, 4.69) is 10.3 Å². The largest absolute Gasteiger partial charge is 0.322 e. The molecule has 0 saturated heterocycles. The number of carbonyl (C=O) groups is 1. The second-order valence-electron chi connectivity index (χ2n) is 3.38. The highest BCUT2D eigenvalue weighted by molar-refractivity contribution is 6.04. The number of hydrogen-bond acceptors (Lipinski definition) is 3. The van der Waals surface area contributed by atoms with Gasteiger partial charge in [-0.15, -0.1) is 12.4 Å². The van der Waals surface area contributed by atoms with Crippen LogP contribution in [-0.4, -0.2) is 10.9 Å². The summed E-state index contributed by atoms with van der Waals surface area (Å²) in [6, 6.07) is 12.1. The van der Waals surface area contributed by atoms with Crippen molar-refractivity contribution in [3.63, 3.8) is 0 Å². The highest BCUT2D eigenvalue weighted by Gasteiger charge is 2.05. The summed E-state index contributed by atoms with van der Waals surface area (Å²) in [5.74, 6) is -0.220. The molecule has 1 aromatic heterocycles. The van der Waals surface area contributed by atoms with Gasteiger partial charge in [0.05, 0.1) is 17.2 Å². The number of nitrogens with one attached hydrogen (secondary N) is 1. The number of anilines is 1. The van der Waals surface area contributed by atoms with E-state index in [0.29, 0.717) is 16.8 Å². The number of aromatic nitrogens is 1. The number of benzene rings is 1. The monoisotopic (exact) mass is 259 g/mol. The van der Waals surface area contributed by atoms with Gasteiger partial charge < -0.3 is 5.32 Å². The lowest BCUT2D eigenvalue weighted by Crippen LogP contribution is -2.11. The van der Waals surface area contributed by atoms with Crippen LogP contribution in [0.4, 0.5) is 5.69 Å². The van der Waals surface area contributed by atoms with Gasteiger partial charge in [-0.1, -0.05) is 0 Å². The maximum Gasteiger partial charge on any atom is 0.257 e. The second-order valence-corrected chi connectivity index (χ2v) is 3.38. The third kappa shape index (κ3) is 3.30. The molecule has 1 heterocycles. The second kappa shape index (κ2) is 6.38. The lowest BCUT2D eigenvalue weighted by atomic mass is 10.2. The van der Waals surface area contributed by atoms with Crippen molar-refractivity contribution in [2.45, 2.75) is 0 Å². The van der Waals surface area contributed by atoms with Gasteiger partial charge in [-0.2, -0.15) is 5.26 Å². The van der Waals surface area contributed by atoms with Crippen LogP contribution in [-0.2, 0) is 0 Å². The maximum atomic E-state index is 11.8. The number of carbonyl (C=O) groups excluding carboxylic acids is 1. The summed E-state index contributed by atoms with van der Waals surface area (Å²) < 4.78 is 0. The summed E-state index contributed by atoms with van der Waals surface area (Å²) in [5, 5.41) is 11.4. The van der Waals surface area contributed by atoms with E-state index < -0.39 is 0 Å². The van der Waals surface area contributed by atoms with E-state index in [9.17, 15) is 4.79 Å². The molecule has 2 rings (SSSR count). The molecular formula is C13H10ClN3O. The summed E-state index contributed by atoms with van der Waals surface area (Å²) in [6.07, 6.45) is 3.11. The van der Waals surface area contributed by atoms with Crippen molar-refractivity contribution in [3.8, 4) is 6.07 Å². The lowest BCUT2D eigenvalue weighted by molar-refractivity contribution is 0.102. The molecule has 5 heteroatoms. The molecule has 0 saturated carbocycles. The normalized spacial score (nSPS) is 8.83. The average molecular weight is 260 g/mol. The maximum absolute atomic E-state index is 11.8. The molecule has 0 unspecified atom stereocenters. The van der Waals surface area contributed by atoms with E-state index in [1.165, 1.54) is 6.20 Å². The van der Waals surface area contributed by atoms with E-state index in [4.69, 9.17) is 5.26 Å². The number of rotatable bonds is 2. The van der Waals surface area contributed by atoms with Gasteiger partial charge in [0.1, 0.15) is 0 Å². The quantitative estimate of drug-likeness (QED) is 0.902. The minimum atomic E-state index is -0.220. The Morgan fingerprint density at radius 3 is 2.50 bits per heavy atom. The topological polar surface area (TPSA) is 65.8 Å². The fraction of sp³-hybridized carbons (Fsp3) is 0. The molecule has 90 valence electrons. The SMILES string of the molecule is Cl.N#Cc1ccc(NC(=O)c2cccnc2)cc1. The first-order valence-electron chi connectivity index (χ1n) is 5.01. The number of nitriles is 1. The van der Waals surface area contributed by atoms with Crippen LogP contribution < -0.4 is 5.32 Å². The third-order valence-corrected chi connectivity index (χ3v) is 2.20. The molecule has 1 amide bonds. The van der Waals surface area contributed by atoms with E-state index in [0.717, 1.165) is 0 Å². The van der Waals surface area contributed by atoms with Gasteiger partial charge in [0.2, 0.25) is 0 Å². The summed E-state index contributed by atoms with van der Waals surface area (Å²) in [5.41, 5.74) is 1.71. The summed E-state index contributed by atoms with van der Waals surface area (Å²) in [7, 11) is 0. The number of amides is 1. The van der Waals surface area contributed by atoms with Gasteiger partial charge in [0.15, 0.2) is 0 Å². The Morgan fingerprint density at radius 2 is 1.94 bits per heavy atom. The standard InChI is InChI=1S/C13H9N3O.ClH/c14-8-10-3-5-12(6-4-10)16-13(17)11-2-1-7-15-9-11;/h1-7,9H,(H,16,17);1H. The molecule has 4 nitrogen and oxygen atoms in total. The zero-order valence-corrected chi connectivity index (χ0v) is 10.1. The van der Waals surface area contributed by atoms with E-state index >= 15 is 0 Å². The average Bonchev–Trinajstić information content (AvgIpc) is 2.40. The molecule has 0 radical (unpaired) electrons. The number of halogens is 1. The zero-order valence-electron chi connectivity index (χ0n) is 9.33. The zero-order chi connectivity index (χ0) is 12.1. The molecule has 0 bridgehead atoms. The van der Waals surface area contributed by atoms with Crippen LogP contribution in [0.1, 0.15) is 15.9 Å². The Balaban J connectivity index is 0.00000162. The Bertz CT molecular complexity index is 561. The van der Waals surface area contributed by atoms with E-state index in [1.807, 2.05) is 6.07 Å². The Morgan fingerprint density at radius 1 is 1.22 bits per heavy atom. The van der Waals surface area contributed by atoms with Crippen molar-refractivity contribution in [1.29, 1.82) is 5.26 Å². The fourth-order valence-electron chi connectivity index (χ4n) is 1.33. The molecule has 0 atom stereocenters. The summed E-state index contributed by atoms with van der Waals surface area (Å²) >= 11 is 0. The highest BCUT2D eigenvalue weighted by Crippen LogP contribution is 2.10. The molecule has 0 fully saturated rings. The molecular weight excluding hydrogens is 250 g/mol. The number of pyridine rings is 1. The number of hydrogen-bond donors (Lipinski definition) is 1. The first-order valence-corrected chi connectivity index (χ1v) is 5.01. The third-order valence-electron chi connectivity index (χ3n) is 2.20. The smallest absolute Gasteiger partial charge is 0.257 e. The summed E-state index contributed by atoms with van der Waals surface area (Å²) in [4.78, 5) is 15.6. The first kappa shape index (κ1) is 13.7. The van der Waals surface area contributed by atoms with Gasteiger partial charge in [0.25, 0.3) is 5.91 Å². The van der Waals surface area contributed by atoms with Crippen molar-refractivity contribution >= 4 is 24.0 Å². The van der Waals surface area contributed by atoms with Gasteiger partial charge in [-0.05, 0) is 36.4 Å². The Labute approximate surface area is 111 Å². The van der Waals surface area contributed by atoms with E-state index in [-0.39, 0.29) is 18.3 Å². The van der Waals surface area contributed by atoms with Crippen LogP contribution in [0.25, 0.3) is 0 Å². The lowest BCUT2D eigenvalue weighted by Gasteiger charge is -2.04. The van der Waals surface area contributed by atoms with Crippen LogP contribution in [0.3, 0.4) is 0 Å². The molecule has 0 aliphatic carbocycles. The van der Waals surface area contributed by atoms with Gasteiger partial charge >= 0.3 is 0 Å². The molecule has 2 aromatic rings. The Hall–Kier alpha value is -2.38. The number of nitrogens with zero attached hydrogens (tertiary/aromatic N) is 2. The van der Waals surface area contributed by atoms with Gasteiger partial charge in [-0.3, -0.25) is 9.78 Å². The Kier molecular flexibility index (Phi) is 4.85. The predicted molar refractivity (Wildman–Crippen MR) is 70.6 cm³/mol. The van der Waals surface area contributed by atoms with Crippen molar-refractivity contribution in [2.24, 2.45) is 0 Å². The van der Waals surface area contributed by atoms with Crippen molar-refractivity contribution in [2.75, 3.05) is 5.32 Å². The molecule has 0 aliphatic heterocycles. The molecule has 1 aromatic carbocycles.